The molecular weight excluding hydrogens is 210 g/mol. The number of sulfonamides is 1. The first-order chi connectivity index (χ1) is 6.28. The topological polar surface area (TPSA) is 104 Å². The summed E-state index contributed by atoms with van der Waals surface area (Å²) in [5.41, 5.74) is 0. The van der Waals surface area contributed by atoms with E-state index in [2.05, 4.69) is 0 Å². The highest BCUT2D eigenvalue weighted by atomic mass is 32.2. The minimum atomic E-state index is -3.63. The highest BCUT2D eigenvalue weighted by Crippen LogP contribution is 1.99. The average Bonchev–Trinajstić information content (AvgIpc) is 1.97. The van der Waals surface area contributed by atoms with Gasteiger partial charge in [-0.3, -0.25) is 4.79 Å². The van der Waals surface area contributed by atoms with Gasteiger partial charge in [-0.1, -0.05) is 13.8 Å². The van der Waals surface area contributed by atoms with Gasteiger partial charge in [0.25, 0.3) is 0 Å². The summed E-state index contributed by atoms with van der Waals surface area (Å²) in [4.78, 5) is 10.4. The minimum absolute atomic E-state index is 0.0966. The number of nitrogens with one attached hydrogen (secondary N) is 1. The second-order valence-electron chi connectivity index (χ2n) is 3.37. The highest BCUT2D eigenvalue weighted by Gasteiger charge is 2.23. The lowest BCUT2D eigenvalue weighted by Crippen LogP contribution is -2.44. The molecule has 0 aliphatic carbocycles. The molecular formula is C7H15NO5S. The van der Waals surface area contributed by atoms with Crippen molar-refractivity contribution in [1.82, 2.24) is 4.72 Å². The van der Waals surface area contributed by atoms with Crippen LogP contribution >= 0.6 is 0 Å². The van der Waals surface area contributed by atoms with Crippen molar-refractivity contribution in [2.45, 2.75) is 19.9 Å². The van der Waals surface area contributed by atoms with Gasteiger partial charge in [-0.25, -0.2) is 8.42 Å². The minimum Gasteiger partial charge on any atom is -0.480 e. The molecule has 0 saturated heterocycles. The molecule has 0 heterocycles. The van der Waals surface area contributed by atoms with Crippen LogP contribution in [0.15, 0.2) is 0 Å². The van der Waals surface area contributed by atoms with Crippen molar-refractivity contribution in [2.75, 3.05) is 12.4 Å². The summed E-state index contributed by atoms with van der Waals surface area (Å²) in [5, 5.41) is 17.1. The van der Waals surface area contributed by atoms with Crippen molar-refractivity contribution >= 4 is 16.0 Å². The number of aliphatic carboxylic acids is 1. The number of aliphatic hydroxyl groups is 1. The molecule has 14 heavy (non-hydrogen) atoms. The Kier molecular flexibility index (Phi) is 5.03. The molecule has 1 atom stereocenters. The van der Waals surface area contributed by atoms with Gasteiger partial charge in [0.1, 0.15) is 6.04 Å². The lowest BCUT2D eigenvalue weighted by molar-refractivity contribution is -0.139. The van der Waals surface area contributed by atoms with Crippen LogP contribution in [-0.4, -0.2) is 43.0 Å². The molecule has 0 amide bonds. The van der Waals surface area contributed by atoms with Gasteiger partial charge in [0.15, 0.2) is 0 Å². The summed E-state index contributed by atoms with van der Waals surface area (Å²) < 4.78 is 24.4. The molecule has 0 radical (unpaired) electrons. The SMILES string of the molecule is CC(C)CS(=O)(=O)NC(CO)C(=O)O. The Balaban J connectivity index is 4.41. The van der Waals surface area contributed by atoms with Gasteiger partial charge in [-0.05, 0) is 5.92 Å². The fourth-order valence-corrected chi connectivity index (χ4v) is 2.45. The quantitative estimate of drug-likeness (QED) is 0.538. The van der Waals surface area contributed by atoms with Gasteiger partial charge in [0.2, 0.25) is 10.0 Å². The second kappa shape index (κ2) is 5.28. The third-order valence-corrected chi connectivity index (χ3v) is 3.10. The third-order valence-electron chi connectivity index (χ3n) is 1.36. The number of hydrogen-bond donors (Lipinski definition) is 3. The van der Waals surface area contributed by atoms with Gasteiger partial charge in [-0.15, -0.1) is 0 Å². The number of carbonyl (C=O) groups is 1. The second-order valence-corrected chi connectivity index (χ2v) is 5.17. The van der Waals surface area contributed by atoms with E-state index < -0.39 is 28.6 Å². The summed E-state index contributed by atoms with van der Waals surface area (Å²) in [6, 6.07) is -1.46. The Labute approximate surface area is 83.0 Å². The molecule has 3 N–H and O–H groups in total. The third kappa shape index (κ3) is 5.15. The summed E-state index contributed by atoms with van der Waals surface area (Å²) in [6.07, 6.45) is 0. The Hall–Kier alpha value is -0.660. The summed E-state index contributed by atoms with van der Waals surface area (Å²) in [5.74, 6) is -1.64. The van der Waals surface area contributed by atoms with Crippen LogP contribution < -0.4 is 4.72 Å². The van der Waals surface area contributed by atoms with Crippen molar-refractivity contribution in [3.05, 3.63) is 0 Å². The molecule has 0 aromatic heterocycles. The van der Waals surface area contributed by atoms with E-state index >= 15 is 0 Å². The van der Waals surface area contributed by atoms with Crippen LogP contribution in [-0.2, 0) is 14.8 Å². The molecule has 0 rings (SSSR count). The standard InChI is InChI=1S/C7H15NO5S/c1-5(2)4-14(12,13)8-6(3-9)7(10)11/h5-6,8-9H,3-4H2,1-2H3,(H,10,11). The van der Waals surface area contributed by atoms with E-state index in [9.17, 15) is 13.2 Å². The fourth-order valence-electron chi connectivity index (χ4n) is 0.869. The van der Waals surface area contributed by atoms with Crippen LogP contribution in [0.5, 0.6) is 0 Å². The molecule has 0 aliphatic rings. The van der Waals surface area contributed by atoms with Crippen molar-refractivity contribution in [1.29, 1.82) is 0 Å². The molecule has 0 aromatic carbocycles. The van der Waals surface area contributed by atoms with E-state index in [1.54, 1.807) is 13.8 Å². The average molecular weight is 225 g/mol. The Morgan fingerprint density at radius 1 is 1.43 bits per heavy atom. The maximum absolute atomic E-state index is 11.2. The highest BCUT2D eigenvalue weighted by molar-refractivity contribution is 7.89. The van der Waals surface area contributed by atoms with Crippen LogP contribution in [0.4, 0.5) is 0 Å². The lowest BCUT2D eigenvalue weighted by Gasteiger charge is -2.13. The van der Waals surface area contributed by atoms with Crippen LogP contribution in [0.25, 0.3) is 0 Å². The van der Waals surface area contributed by atoms with Crippen LogP contribution in [0.3, 0.4) is 0 Å². The Morgan fingerprint density at radius 2 is 1.93 bits per heavy atom. The van der Waals surface area contributed by atoms with E-state index in [-0.39, 0.29) is 11.7 Å². The summed E-state index contributed by atoms with van der Waals surface area (Å²) in [6.45, 7) is 2.65. The predicted octanol–water partition coefficient (Wildman–Crippen LogP) is -0.993. The number of rotatable bonds is 6. The Morgan fingerprint density at radius 3 is 2.21 bits per heavy atom. The molecule has 0 bridgehead atoms. The summed E-state index contributed by atoms with van der Waals surface area (Å²) in [7, 11) is -3.63. The number of hydrogen-bond acceptors (Lipinski definition) is 4. The van der Waals surface area contributed by atoms with E-state index in [0.717, 1.165) is 0 Å². The monoisotopic (exact) mass is 225 g/mol. The largest absolute Gasteiger partial charge is 0.480 e. The molecule has 7 heteroatoms. The van der Waals surface area contributed by atoms with Gasteiger partial charge in [-0.2, -0.15) is 4.72 Å². The fraction of sp³-hybridized carbons (Fsp3) is 0.857. The lowest BCUT2D eigenvalue weighted by atomic mass is 10.3. The van der Waals surface area contributed by atoms with E-state index in [1.165, 1.54) is 0 Å². The van der Waals surface area contributed by atoms with E-state index in [0.29, 0.717) is 0 Å². The van der Waals surface area contributed by atoms with Crippen molar-refractivity contribution in [3.63, 3.8) is 0 Å². The van der Waals surface area contributed by atoms with Crippen LogP contribution in [0, 0.1) is 5.92 Å². The van der Waals surface area contributed by atoms with Gasteiger partial charge in [0, 0.05) is 0 Å². The van der Waals surface area contributed by atoms with Gasteiger partial charge < -0.3 is 10.2 Å². The molecule has 0 aromatic rings. The Bertz CT molecular complexity index is 284. The number of aliphatic hydroxyl groups excluding tert-OH is 1. The predicted molar refractivity (Wildman–Crippen MR) is 50.3 cm³/mol. The molecule has 0 saturated carbocycles. The van der Waals surface area contributed by atoms with Crippen molar-refractivity contribution < 1.29 is 23.4 Å². The molecule has 0 spiro atoms. The van der Waals surface area contributed by atoms with Crippen LogP contribution in [0.1, 0.15) is 13.8 Å². The van der Waals surface area contributed by atoms with E-state index in [4.69, 9.17) is 10.2 Å². The molecule has 0 aliphatic heterocycles. The first-order valence-electron chi connectivity index (χ1n) is 4.12. The molecule has 6 nitrogen and oxygen atoms in total. The van der Waals surface area contributed by atoms with Crippen molar-refractivity contribution in [3.8, 4) is 0 Å². The zero-order valence-corrected chi connectivity index (χ0v) is 8.91. The molecule has 84 valence electrons. The number of carboxylic acids is 1. The van der Waals surface area contributed by atoms with Crippen LogP contribution in [0.2, 0.25) is 0 Å². The molecule has 0 fully saturated rings. The maximum Gasteiger partial charge on any atom is 0.324 e. The first kappa shape index (κ1) is 13.3. The molecule has 1 unspecified atom stereocenters. The van der Waals surface area contributed by atoms with Gasteiger partial charge in [0.05, 0.1) is 12.4 Å². The number of carboxylic acid groups (broad SMARTS) is 1. The van der Waals surface area contributed by atoms with E-state index in [1.807, 2.05) is 4.72 Å². The first-order valence-corrected chi connectivity index (χ1v) is 5.77. The zero-order chi connectivity index (χ0) is 11.4. The van der Waals surface area contributed by atoms with Gasteiger partial charge >= 0.3 is 5.97 Å². The smallest absolute Gasteiger partial charge is 0.324 e. The normalized spacial score (nSPS) is 14.3. The summed E-state index contributed by atoms with van der Waals surface area (Å²) >= 11 is 0. The maximum atomic E-state index is 11.2. The van der Waals surface area contributed by atoms with Crippen molar-refractivity contribution in [2.24, 2.45) is 5.92 Å². The zero-order valence-electron chi connectivity index (χ0n) is 8.10.